The molecular formula is C21H19F6N5. The summed E-state index contributed by atoms with van der Waals surface area (Å²) >= 11 is 0. The molecule has 3 aromatic rings. The van der Waals surface area contributed by atoms with Gasteiger partial charge in [0.2, 0.25) is 11.9 Å². The first kappa shape index (κ1) is 23.3. The van der Waals surface area contributed by atoms with Gasteiger partial charge in [-0.05, 0) is 36.4 Å². The van der Waals surface area contributed by atoms with Crippen LogP contribution in [0, 0.1) is 0 Å². The van der Waals surface area contributed by atoms with E-state index in [0.717, 1.165) is 24.3 Å². The largest absolute Gasteiger partial charge is 0.416 e. The van der Waals surface area contributed by atoms with E-state index in [0.29, 0.717) is 0 Å². The maximum atomic E-state index is 13.0. The highest BCUT2D eigenvalue weighted by Crippen LogP contribution is 2.33. The summed E-state index contributed by atoms with van der Waals surface area (Å²) in [6.07, 6.45) is -9.05. The van der Waals surface area contributed by atoms with Crippen LogP contribution in [-0.4, -0.2) is 15.0 Å². The van der Waals surface area contributed by atoms with Crippen LogP contribution in [0.25, 0.3) is 0 Å². The lowest BCUT2D eigenvalue weighted by Gasteiger charge is -2.19. The van der Waals surface area contributed by atoms with E-state index < -0.39 is 28.9 Å². The van der Waals surface area contributed by atoms with Crippen molar-refractivity contribution in [3.05, 3.63) is 65.5 Å². The van der Waals surface area contributed by atoms with E-state index in [1.54, 1.807) is 0 Å². The van der Waals surface area contributed by atoms with Gasteiger partial charge in [0.05, 0.1) is 11.1 Å². The van der Waals surface area contributed by atoms with Crippen LogP contribution in [0.3, 0.4) is 0 Å². The van der Waals surface area contributed by atoms with Crippen LogP contribution in [0.2, 0.25) is 0 Å². The number of nitrogens with one attached hydrogen (secondary N) is 2. The molecule has 2 aromatic carbocycles. The minimum absolute atomic E-state index is 0.0567. The number of hydrogen-bond donors (Lipinski definition) is 2. The Morgan fingerprint density at radius 3 is 1.38 bits per heavy atom. The zero-order valence-corrected chi connectivity index (χ0v) is 17.2. The first-order valence-electron chi connectivity index (χ1n) is 9.37. The molecule has 0 unspecified atom stereocenters. The molecule has 0 aliphatic rings. The summed E-state index contributed by atoms with van der Waals surface area (Å²) in [5, 5.41) is 5.42. The van der Waals surface area contributed by atoms with E-state index in [1.807, 2.05) is 20.8 Å². The normalized spacial score (nSPS) is 12.5. The standard InChI is InChI=1S/C21H19F6N5/c1-19(2,3)16-30-17(28-14-8-4-6-12(10-14)20(22,23)24)32-18(31-16)29-15-9-5-7-13(11-15)21(25,26)27/h4-11H,1-3H3,(H2,28,29,30,31,32). The van der Waals surface area contributed by atoms with Crippen molar-refractivity contribution in [3.63, 3.8) is 0 Å². The maximum absolute atomic E-state index is 13.0. The Morgan fingerprint density at radius 2 is 1.03 bits per heavy atom. The third kappa shape index (κ3) is 5.86. The molecule has 0 amide bonds. The smallest absolute Gasteiger partial charge is 0.324 e. The first-order chi connectivity index (χ1) is 14.7. The summed E-state index contributed by atoms with van der Waals surface area (Å²) < 4.78 is 77.9. The van der Waals surface area contributed by atoms with E-state index in [9.17, 15) is 26.3 Å². The molecule has 1 heterocycles. The van der Waals surface area contributed by atoms with Crippen molar-refractivity contribution in [2.45, 2.75) is 38.5 Å². The molecule has 0 aliphatic heterocycles. The lowest BCUT2D eigenvalue weighted by molar-refractivity contribution is -0.138. The first-order valence-corrected chi connectivity index (χ1v) is 9.37. The zero-order chi connectivity index (χ0) is 23.7. The van der Waals surface area contributed by atoms with Gasteiger partial charge in [0, 0.05) is 16.8 Å². The average molecular weight is 455 g/mol. The van der Waals surface area contributed by atoms with Crippen molar-refractivity contribution in [1.82, 2.24) is 15.0 Å². The molecule has 0 spiro atoms. The summed E-state index contributed by atoms with van der Waals surface area (Å²) in [7, 11) is 0. The highest BCUT2D eigenvalue weighted by atomic mass is 19.4. The lowest BCUT2D eigenvalue weighted by Crippen LogP contribution is -2.19. The predicted molar refractivity (Wildman–Crippen MR) is 108 cm³/mol. The fourth-order valence-corrected chi connectivity index (χ4v) is 2.63. The van der Waals surface area contributed by atoms with E-state index in [1.165, 1.54) is 24.3 Å². The minimum Gasteiger partial charge on any atom is -0.324 e. The summed E-state index contributed by atoms with van der Waals surface area (Å²) in [5.41, 5.74) is -2.09. The molecule has 32 heavy (non-hydrogen) atoms. The second kappa shape index (κ2) is 8.29. The molecule has 2 N–H and O–H groups in total. The number of halogens is 6. The molecule has 0 radical (unpaired) electrons. The van der Waals surface area contributed by atoms with Crippen LogP contribution in [0.5, 0.6) is 0 Å². The van der Waals surface area contributed by atoms with Crippen LogP contribution in [0.1, 0.15) is 37.7 Å². The molecule has 0 saturated carbocycles. The number of anilines is 4. The number of benzene rings is 2. The second-order valence-electron chi connectivity index (χ2n) is 7.96. The number of rotatable bonds is 4. The van der Waals surface area contributed by atoms with Gasteiger partial charge in [-0.2, -0.15) is 41.3 Å². The quantitative estimate of drug-likeness (QED) is 0.429. The molecular weight excluding hydrogens is 436 g/mol. The van der Waals surface area contributed by atoms with Crippen LogP contribution in [0.4, 0.5) is 49.6 Å². The third-order valence-electron chi connectivity index (χ3n) is 4.20. The van der Waals surface area contributed by atoms with E-state index >= 15 is 0 Å². The van der Waals surface area contributed by atoms with Crippen molar-refractivity contribution >= 4 is 23.3 Å². The summed E-state index contributed by atoms with van der Waals surface area (Å²) in [6, 6.07) is 8.96. The van der Waals surface area contributed by atoms with Crippen LogP contribution >= 0.6 is 0 Å². The van der Waals surface area contributed by atoms with Gasteiger partial charge in [-0.3, -0.25) is 0 Å². The van der Waals surface area contributed by atoms with Crippen LogP contribution < -0.4 is 10.6 Å². The zero-order valence-electron chi connectivity index (χ0n) is 17.2. The van der Waals surface area contributed by atoms with E-state index in [4.69, 9.17) is 0 Å². The Balaban J connectivity index is 1.96. The number of alkyl halides is 6. The van der Waals surface area contributed by atoms with Gasteiger partial charge < -0.3 is 10.6 Å². The molecule has 170 valence electrons. The van der Waals surface area contributed by atoms with Gasteiger partial charge in [-0.15, -0.1) is 0 Å². The Labute approximate surface area is 179 Å². The molecule has 1 aromatic heterocycles. The fraction of sp³-hybridized carbons (Fsp3) is 0.286. The molecule has 3 rings (SSSR count). The van der Waals surface area contributed by atoms with Crippen molar-refractivity contribution in [1.29, 1.82) is 0 Å². The Bertz CT molecular complexity index is 1030. The maximum Gasteiger partial charge on any atom is 0.416 e. The molecule has 11 heteroatoms. The van der Waals surface area contributed by atoms with Crippen LogP contribution in [0.15, 0.2) is 48.5 Å². The molecule has 0 saturated heterocycles. The lowest BCUT2D eigenvalue weighted by atomic mass is 9.96. The van der Waals surface area contributed by atoms with Crippen molar-refractivity contribution in [2.75, 3.05) is 10.6 Å². The molecule has 5 nitrogen and oxygen atoms in total. The van der Waals surface area contributed by atoms with Crippen molar-refractivity contribution in [2.24, 2.45) is 0 Å². The van der Waals surface area contributed by atoms with Gasteiger partial charge in [-0.25, -0.2) is 0 Å². The number of hydrogen-bond acceptors (Lipinski definition) is 5. The highest BCUT2D eigenvalue weighted by Gasteiger charge is 2.31. The average Bonchev–Trinajstić information content (AvgIpc) is 2.66. The van der Waals surface area contributed by atoms with E-state index in [-0.39, 0.29) is 29.1 Å². The number of aromatic nitrogens is 3. The topological polar surface area (TPSA) is 62.7 Å². The highest BCUT2D eigenvalue weighted by molar-refractivity contribution is 5.59. The SMILES string of the molecule is CC(C)(C)c1nc(Nc2cccc(C(F)(F)F)c2)nc(Nc2cccc(C(F)(F)F)c2)n1. The minimum atomic E-state index is -4.52. The van der Waals surface area contributed by atoms with Gasteiger partial charge in [0.25, 0.3) is 0 Å². The summed E-state index contributed by atoms with van der Waals surface area (Å²) in [6.45, 7) is 5.43. The summed E-state index contributed by atoms with van der Waals surface area (Å²) in [5.74, 6) is 0.175. The Morgan fingerprint density at radius 1 is 0.625 bits per heavy atom. The van der Waals surface area contributed by atoms with Gasteiger partial charge >= 0.3 is 12.4 Å². The van der Waals surface area contributed by atoms with Gasteiger partial charge in [-0.1, -0.05) is 32.9 Å². The second-order valence-corrected chi connectivity index (χ2v) is 7.96. The van der Waals surface area contributed by atoms with Gasteiger partial charge in [0.1, 0.15) is 5.82 Å². The van der Waals surface area contributed by atoms with Crippen molar-refractivity contribution < 1.29 is 26.3 Å². The van der Waals surface area contributed by atoms with E-state index in [2.05, 4.69) is 25.6 Å². The fourth-order valence-electron chi connectivity index (χ4n) is 2.63. The summed E-state index contributed by atoms with van der Waals surface area (Å²) in [4.78, 5) is 12.6. The Kier molecular flexibility index (Phi) is 6.03. The Hall–Kier alpha value is -3.37. The molecule has 0 atom stereocenters. The third-order valence-corrected chi connectivity index (χ3v) is 4.20. The van der Waals surface area contributed by atoms with Gasteiger partial charge in [0.15, 0.2) is 0 Å². The molecule has 0 fully saturated rings. The predicted octanol–water partition coefficient (Wildman–Crippen LogP) is 6.69. The van der Waals surface area contributed by atoms with Crippen molar-refractivity contribution in [3.8, 4) is 0 Å². The number of nitrogens with zero attached hydrogens (tertiary/aromatic N) is 3. The molecule has 0 aliphatic carbocycles. The van der Waals surface area contributed by atoms with Crippen LogP contribution in [-0.2, 0) is 17.8 Å². The monoisotopic (exact) mass is 455 g/mol. The molecule has 0 bridgehead atoms.